The maximum absolute atomic E-state index is 12.2. The molecule has 4 aromatic carbocycles. The van der Waals surface area contributed by atoms with Crippen molar-refractivity contribution in [1.29, 1.82) is 0 Å². The molecule has 148 valence electrons. The van der Waals surface area contributed by atoms with Gasteiger partial charge in [-0.15, -0.1) is 0 Å². The van der Waals surface area contributed by atoms with Gasteiger partial charge in [-0.05, 0) is 46.2 Å². The van der Waals surface area contributed by atoms with E-state index < -0.39 is 12.1 Å². The summed E-state index contributed by atoms with van der Waals surface area (Å²) in [5.74, 6) is -0.195. The fourth-order valence-electron chi connectivity index (χ4n) is 3.22. The Hall–Kier alpha value is -4.12. The monoisotopic (exact) mass is 398 g/mol. The number of fused-ring (bicyclic) bond motifs is 1. The van der Waals surface area contributed by atoms with Crippen LogP contribution in [0.2, 0.25) is 0 Å². The molecule has 0 fully saturated rings. The van der Waals surface area contributed by atoms with Crippen LogP contribution in [-0.2, 0) is 4.74 Å². The Morgan fingerprint density at radius 3 is 2.20 bits per heavy atom. The lowest BCUT2D eigenvalue weighted by Crippen LogP contribution is -2.16. The first-order valence-electron chi connectivity index (χ1n) is 9.31. The minimum absolute atomic E-state index is 0.0710. The zero-order valence-electron chi connectivity index (χ0n) is 16.2. The summed E-state index contributed by atoms with van der Waals surface area (Å²) in [6, 6.07) is 27.7. The summed E-state index contributed by atoms with van der Waals surface area (Å²) >= 11 is 0. The lowest BCUT2D eigenvalue weighted by Gasteiger charge is -2.10. The Morgan fingerprint density at radius 1 is 0.700 bits per heavy atom. The highest BCUT2D eigenvalue weighted by Crippen LogP contribution is 2.30. The molecule has 0 aliphatic rings. The van der Waals surface area contributed by atoms with Gasteiger partial charge in [0.25, 0.3) is 0 Å². The minimum Gasteiger partial charge on any atom is -0.465 e. The average Bonchev–Trinajstić information content (AvgIpc) is 2.79. The van der Waals surface area contributed by atoms with Gasteiger partial charge in [-0.2, -0.15) is 0 Å². The van der Waals surface area contributed by atoms with Crippen molar-refractivity contribution in [2.24, 2.45) is 0 Å². The van der Waals surface area contributed by atoms with Crippen molar-refractivity contribution in [1.82, 2.24) is 0 Å². The van der Waals surface area contributed by atoms with Crippen molar-refractivity contribution in [2.75, 3.05) is 7.11 Å². The number of hydrogen-bond donors (Lipinski definition) is 0. The first kappa shape index (κ1) is 19.2. The summed E-state index contributed by atoms with van der Waals surface area (Å²) in [6.07, 6.45) is -0.940. The molecule has 0 aromatic heterocycles. The topological polar surface area (TPSA) is 61.8 Å². The summed E-state index contributed by atoms with van der Waals surface area (Å²) in [6.45, 7) is 0. The van der Waals surface area contributed by atoms with Crippen LogP contribution in [0.25, 0.3) is 21.9 Å². The van der Waals surface area contributed by atoms with Crippen molar-refractivity contribution in [2.45, 2.75) is 0 Å². The van der Waals surface area contributed by atoms with E-state index in [1.165, 1.54) is 19.2 Å². The molecule has 0 saturated heterocycles. The van der Waals surface area contributed by atoms with E-state index in [-0.39, 0.29) is 11.3 Å². The Labute approximate surface area is 173 Å². The number of esters is 1. The third kappa shape index (κ3) is 4.00. The van der Waals surface area contributed by atoms with E-state index in [1.54, 1.807) is 24.3 Å². The van der Waals surface area contributed by atoms with Crippen LogP contribution in [0.1, 0.15) is 10.4 Å². The number of benzene rings is 4. The maximum atomic E-state index is 12.2. The highest BCUT2D eigenvalue weighted by atomic mass is 16.7. The number of carbonyl (C=O) groups is 2. The summed E-state index contributed by atoms with van der Waals surface area (Å²) < 4.78 is 15.1. The van der Waals surface area contributed by atoms with Gasteiger partial charge in [0.1, 0.15) is 17.1 Å². The second-order valence-electron chi connectivity index (χ2n) is 6.49. The zero-order chi connectivity index (χ0) is 20.9. The SMILES string of the molecule is COC(=O)c1ccccc1OC(=O)Oc1ccc(-c2cccc3ccccc23)cc1. The van der Waals surface area contributed by atoms with E-state index in [1.807, 2.05) is 30.3 Å². The molecule has 0 N–H and O–H groups in total. The van der Waals surface area contributed by atoms with Crippen molar-refractivity contribution in [3.05, 3.63) is 96.6 Å². The van der Waals surface area contributed by atoms with Crippen LogP contribution >= 0.6 is 0 Å². The van der Waals surface area contributed by atoms with Gasteiger partial charge < -0.3 is 14.2 Å². The summed E-state index contributed by atoms with van der Waals surface area (Å²) in [5.41, 5.74) is 2.24. The van der Waals surface area contributed by atoms with Gasteiger partial charge in [0, 0.05) is 0 Å². The van der Waals surface area contributed by atoms with E-state index in [2.05, 4.69) is 24.3 Å². The molecule has 5 nitrogen and oxygen atoms in total. The number of ether oxygens (including phenoxy) is 3. The van der Waals surface area contributed by atoms with Gasteiger partial charge in [0.15, 0.2) is 0 Å². The molecule has 4 aromatic rings. The second-order valence-corrected chi connectivity index (χ2v) is 6.49. The highest BCUT2D eigenvalue weighted by Gasteiger charge is 2.16. The van der Waals surface area contributed by atoms with Crippen LogP contribution < -0.4 is 9.47 Å². The molecule has 4 rings (SSSR count). The van der Waals surface area contributed by atoms with Crippen LogP contribution in [0.15, 0.2) is 91.0 Å². The molecular formula is C25H18O5. The second kappa shape index (κ2) is 8.49. The normalized spacial score (nSPS) is 10.4. The Kier molecular flexibility index (Phi) is 5.44. The van der Waals surface area contributed by atoms with Gasteiger partial charge in [0.05, 0.1) is 7.11 Å². The lowest BCUT2D eigenvalue weighted by molar-refractivity contribution is 0.0597. The molecule has 5 heteroatoms. The van der Waals surface area contributed by atoms with Gasteiger partial charge in [0.2, 0.25) is 0 Å². The molecule has 0 saturated carbocycles. The van der Waals surface area contributed by atoms with Crippen molar-refractivity contribution in [3.8, 4) is 22.6 Å². The van der Waals surface area contributed by atoms with Gasteiger partial charge in [-0.3, -0.25) is 0 Å². The van der Waals surface area contributed by atoms with Crippen LogP contribution in [0.4, 0.5) is 4.79 Å². The Bertz CT molecular complexity index is 1210. The van der Waals surface area contributed by atoms with Crippen LogP contribution in [0.5, 0.6) is 11.5 Å². The van der Waals surface area contributed by atoms with E-state index in [4.69, 9.17) is 14.2 Å². The summed E-state index contributed by atoms with van der Waals surface area (Å²) in [7, 11) is 1.26. The lowest BCUT2D eigenvalue weighted by atomic mass is 9.98. The Morgan fingerprint density at radius 2 is 1.40 bits per heavy atom. The maximum Gasteiger partial charge on any atom is 0.519 e. The first-order valence-corrected chi connectivity index (χ1v) is 9.31. The van der Waals surface area contributed by atoms with Crippen molar-refractivity contribution < 1.29 is 23.8 Å². The molecule has 30 heavy (non-hydrogen) atoms. The van der Waals surface area contributed by atoms with Crippen molar-refractivity contribution in [3.63, 3.8) is 0 Å². The molecule has 0 spiro atoms. The van der Waals surface area contributed by atoms with Gasteiger partial charge >= 0.3 is 12.1 Å². The van der Waals surface area contributed by atoms with E-state index >= 15 is 0 Å². The largest absolute Gasteiger partial charge is 0.519 e. The molecule has 0 heterocycles. The van der Waals surface area contributed by atoms with Gasteiger partial charge in [-0.25, -0.2) is 9.59 Å². The number of rotatable bonds is 4. The standard InChI is InChI=1S/C25H18O5/c1-28-24(26)22-10-4-5-12-23(22)30-25(27)29-19-15-13-18(14-16-19)21-11-6-8-17-7-2-3-9-20(17)21/h2-16H,1H3. The molecule has 0 aliphatic carbocycles. The first-order chi connectivity index (χ1) is 14.7. The predicted molar refractivity (Wildman–Crippen MR) is 114 cm³/mol. The molecular weight excluding hydrogens is 380 g/mol. The summed E-state index contributed by atoms with van der Waals surface area (Å²) in [5, 5.41) is 2.30. The fourth-order valence-corrected chi connectivity index (χ4v) is 3.22. The average molecular weight is 398 g/mol. The number of carbonyl (C=O) groups excluding carboxylic acids is 2. The Balaban J connectivity index is 1.50. The molecule has 0 aliphatic heterocycles. The number of para-hydroxylation sites is 1. The molecule has 0 amide bonds. The third-order valence-electron chi connectivity index (χ3n) is 4.64. The van der Waals surface area contributed by atoms with Crippen molar-refractivity contribution >= 4 is 22.9 Å². The third-order valence-corrected chi connectivity index (χ3v) is 4.64. The fraction of sp³-hybridized carbons (Fsp3) is 0.0400. The van der Waals surface area contributed by atoms with Crippen LogP contribution in [0.3, 0.4) is 0 Å². The predicted octanol–water partition coefficient (Wildman–Crippen LogP) is 5.87. The number of hydrogen-bond acceptors (Lipinski definition) is 5. The highest BCUT2D eigenvalue weighted by molar-refractivity contribution is 5.96. The van der Waals surface area contributed by atoms with Crippen LogP contribution in [0, 0.1) is 0 Å². The van der Waals surface area contributed by atoms with E-state index in [9.17, 15) is 9.59 Å². The molecule has 0 radical (unpaired) electrons. The smallest absolute Gasteiger partial charge is 0.465 e. The number of methoxy groups -OCH3 is 1. The zero-order valence-corrected chi connectivity index (χ0v) is 16.2. The molecule has 0 atom stereocenters. The minimum atomic E-state index is -0.940. The van der Waals surface area contributed by atoms with E-state index in [0.717, 1.165) is 21.9 Å². The molecule has 0 bridgehead atoms. The summed E-state index contributed by atoms with van der Waals surface area (Å²) in [4.78, 5) is 24.0. The van der Waals surface area contributed by atoms with E-state index in [0.29, 0.717) is 5.75 Å². The molecule has 0 unspecified atom stereocenters. The quantitative estimate of drug-likeness (QED) is 0.318. The van der Waals surface area contributed by atoms with Gasteiger partial charge in [-0.1, -0.05) is 66.7 Å². The van der Waals surface area contributed by atoms with Crippen LogP contribution in [-0.4, -0.2) is 19.2 Å².